The monoisotopic (exact) mass is 320 g/mol. The number of ether oxygens (including phenoxy) is 2. The van der Waals surface area contributed by atoms with Crippen LogP contribution in [-0.2, 0) is 0 Å². The fraction of sp³-hybridized carbons (Fsp3) is 0.286. The van der Waals surface area contributed by atoms with E-state index in [9.17, 15) is 0 Å². The maximum absolute atomic E-state index is 5.74. The average Bonchev–Trinajstić information content (AvgIpc) is 3.23. The van der Waals surface area contributed by atoms with Gasteiger partial charge >= 0.3 is 0 Å². The van der Waals surface area contributed by atoms with Crippen molar-refractivity contribution in [3.05, 3.63) is 40.8 Å². The van der Waals surface area contributed by atoms with Gasteiger partial charge in [0.05, 0.1) is 7.11 Å². The van der Waals surface area contributed by atoms with E-state index in [0.717, 1.165) is 21.9 Å². The van der Waals surface area contributed by atoms with Crippen LogP contribution in [0.15, 0.2) is 34.9 Å². The Morgan fingerprint density at radius 1 is 1.11 bits per heavy atom. The first kappa shape index (κ1) is 12.4. The number of hydrogen-bond acceptors (Lipinski definition) is 4. The third kappa shape index (κ3) is 3.04. The molecule has 0 bridgehead atoms. The lowest BCUT2D eigenvalue weighted by molar-refractivity contribution is 0.412. The second kappa shape index (κ2) is 5.17. The van der Waals surface area contributed by atoms with E-state index in [1.807, 2.05) is 24.3 Å². The molecule has 98 valence electrons. The number of methoxy groups -OCH3 is 1. The molecule has 4 nitrogen and oxygen atoms in total. The van der Waals surface area contributed by atoms with Crippen LogP contribution in [0.4, 0.5) is 0 Å². The molecule has 5 heteroatoms. The van der Waals surface area contributed by atoms with Crippen LogP contribution in [-0.4, -0.2) is 17.1 Å². The Morgan fingerprint density at radius 2 is 1.79 bits per heavy atom. The van der Waals surface area contributed by atoms with Gasteiger partial charge in [-0.05, 0) is 53.0 Å². The maximum atomic E-state index is 5.74. The first-order valence-electron chi connectivity index (χ1n) is 6.11. The van der Waals surface area contributed by atoms with Crippen molar-refractivity contribution in [2.75, 3.05) is 7.11 Å². The molecule has 1 heterocycles. The van der Waals surface area contributed by atoms with Crippen molar-refractivity contribution in [2.45, 2.75) is 18.8 Å². The predicted octanol–water partition coefficient (Wildman–Crippen LogP) is 3.92. The Labute approximate surface area is 119 Å². The molecule has 0 amide bonds. The number of hydrogen-bond donors (Lipinski definition) is 0. The van der Waals surface area contributed by atoms with Crippen LogP contribution in [0.5, 0.6) is 17.4 Å². The number of rotatable bonds is 4. The predicted molar refractivity (Wildman–Crippen MR) is 74.8 cm³/mol. The molecule has 0 unspecified atom stereocenters. The largest absolute Gasteiger partial charge is 0.497 e. The van der Waals surface area contributed by atoms with Crippen molar-refractivity contribution >= 4 is 15.9 Å². The summed E-state index contributed by atoms with van der Waals surface area (Å²) in [7, 11) is 1.64. The minimum absolute atomic E-state index is 0.496. The Morgan fingerprint density at radius 3 is 2.42 bits per heavy atom. The molecule has 19 heavy (non-hydrogen) atoms. The summed E-state index contributed by atoms with van der Waals surface area (Å²) in [5, 5.41) is 0. The van der Waals surface area contributed by atoms with Gasteiger partial charge in [0.1, 0.15) is 21.9 Å². The SMILES string of the molecule is COc1ccc(Oc2cc(Br)nc(C3CC3)n2)cc1. The molecule has 1 aromatic heterocycles. The van der Waals surface area contributed by atoms with Gasteiger partial charge < -0.3 is 9.47 Å². The number of aromatic nitrogens is 2. The van der Waals surface area contributed by atoms with Crippen LogP contribution in [0.3, 0.4) is 0 Å². The second-order valence-corrected chi connectivity index (χ2v) is 5.25. The van der Waals surface area contributed by atoms with Gasteiger partial charge in [0.25, 0.3) is 0 Å². The smallest absolute Gasteiger partial charge is 0.223 e. The molecule has 0 spiro atoms. The van der Waals surface area contributed by atoms with Gasteiger partial charge in [-0.15, -0.1) is 0 Å². The van der Waals surface area contributed by atoms with Crippen LogP contribution < -0.4 is 9.47 Å². The molecule has 1 aliphatic rings. The summed E-state index contributed by atoms with van der Waals surface area (Å²) in [5.74, 6) is 3.45. The number of nitrogens with zero attached hydrogens (tertiary/aromatic N) is 2. The van der Waals surface area contributed by atoms with E-state index in [-0.39, 0.29) is 0 Å². The van der Waals surface area contributed by atoms with Crippen molar-refractivity contribution < 1.29 is 9.47 Å². The standard InChI is InChI=1S/C14H13BrN2O2/c1-18-10-4-6-11(7-5-10)19-13-8-12(15)16-14(17-13)9-2-3-9/h4-9H,2-3H2,1H3. The van der Waals surface area contributed by atoms with Gasteiger partial charge in [-0.2, -0.15) is 4.98 Å². The van der Waals surface area contributed by atoms with Crippen molar-refractivity contribution in [1.82, 2.24) is 9.97 Å². The molecule has 0 atom stereocenters. The fourth-order valence-electron chi connectivity index (χ4n) is 1.75. The molecule has 1 saturated carbocycles. The molecule has 0 saturated heterocycles. The third-order valence-corrected chi connectivity index (χ3v) is 3.32. The Hall–Kier alpha value is -1.62. The molecule has 2 aromatic rings. The van der Waals surface area contributed by atoms with Crippen LogP contribution in [0, 0.1) is 0 Å². The summed E-state index contributed by atoms with van der Waals surface area (Å²) < 4.78 is 11.6. The molecule has 1 aromatic carbocycles. The first-order chi connectivity index (χ1) is 9.24. The lowest BCUT2D eigenvalue weighted by Crippen LogP contribution is -1.96. The van der Waals surface area contributed by atoms with Gasteiger partial charge in [-0.25, -0.2) is 4.98 Å². The second-order valence-electron chi connectivity index (χ2n) is 4.44. The van der Waals surface area contributed by atoms with Crippen LogP contribution >= 0.6 is 15.9 Å². The van der Waals surface area contributed by atoms with Crippen LogP contribution in [0.25, 0.3) is 0 Å². The zero-order valence-electron chi connectivity index (χ0n) is 10.5. The lowest BCUT2D eigenvalue weighted by atomic mass is 10.3. The van der Waals surface area contributed by atoms with Crippen LogP contribution in [0.2, 0.25) is 0 Å². The van der Waals surface area contributed by atoms with Crippen LogP contribution in [0.1, 0.15) is 24.6 Å². The van der Waals surface area contributed by atoms with E-state index in [0.29, 0.717) is 11.8 Å². The van der Waals surface area contributed by atoms with Gasteiger partial charge in [0.2, 0.25) is 5.88 Å². The van der Waals surface area contributed by atoms with E-state index in [1.165, 1.54) is 12.8 Å². The third-order valence-electron chi connectivity index (χ3n) is 2.91. The maximum Gasteiger partial charge on any atom is 0.223 e. The highest BCUT2D eigenvalue weighted by Gasteiger charge is 2.27. The van der Waals surface area contributed by atoms with Gasteiger partial charge in [-0.1, -0.05) is 0 Å². The number of benzene rings is 1. The Bertz CT molecular complexity index is 582. The van der Waals surface area contributed by atoms with Gasteiger partial charge in [-0.3, -0.25) is 0 Å². The first-order valence-corrected chi connectivity index (χ1v) is 6.90. The summed E-state index contributed by atoms with van der Waals surface area (Å²) in [6.07, 6.45) is 2.33. The quantitative estimate of drug-likeness (QED) is 0.801. The van der Waals surface area contributed by atoms with E-state index in [4.69, 9.17) is 9.47 Å². The van der Waals surface area contributed by atoms with E-state index < -0.39 is 0 Å². The fourth-order valence-corrected chi connectivity index (χ4v) is 2.13. The zero-order chi connectivity index (χ0) is 13.2. The molecule has 0 radical (unpaired) electrons. The van der Waals surface area contributed by atoms with E-state index in [1.54, 1.807) is 13.2 Å². The normalized spacial score (nSPS) is 14.2. The van der Waals surface area contributed by atoms with Crippen molar-refractivity contribution in [1.29, 1.82) is 0 Å². The average molecular weight is 321 g/mol. The van der Waals surface area contributed by atoms with E-state index >= 15 is 0 Å². The van der Waals surface area contributed by atoms with Crippen molar-refractivity contribution in [3.63, 3.8) is 0 Å². The Kier molecular flexibility index (Phi) is 3.38. The summed E-state index contributed by atoms with van der Waals surface area (Å²) >= 11 is 3.39. The summed E-state index contributed by atoms with van der Waals surface area (Å²) in [5.41, 5.74) is 0. The highest BCUT2D eigenvalue weighted by atomic mass is 79.9. The molecular weight excluding hydrogens is 308 g/mol. The minimum Gasteiger partial charge on any atom is -0.497 e. The van der Waals surface area contributed by atoms with Gasteiger partial charge in [0, 0.05) is 12.0 Å². The van der Waals surface area contributed by atoms with E-state index in [2.05, 4.69) is 25.9 Å². The molecule has 1 aliphatic carbocycles. The van der Waals surface area contributed by atoms with Crippen molar-refractivity contribution in [3.8, 4) is 17.4 Å². The van der Waals surface area contributed by atoms with Crippen molar-refractivity contribution in [2.24, 2.45) is 0 Å². The summed E-state index contributed by atoms with van der Waals surface area (Å²) in [6, 6.07) is 9.19. The minimum atomic E-state index is 0.496. The highest BCUT2D eigenvalue weighted by molar-refractivity contribution is 9.10. The Balaban J connectivity index is 1.81. The topological polar surface area (TPSA) is 44.2 Å². The van der Waals surface area contributed by atoms with Gasteiger partial charge in [0.15, 0.2) is 0 Å². The zero-order valence-corrected chi connectivity index (χ0v) is 12.1. The highest BCUT2D eigenvalue weighted by Crippen LogP contribution is 2.39. The summed E-state index contributed by atoms with van der Waals surface area (Å²) in [4.78, 5) is 8.81. The lowest BCUT2D eigenvalue weighted by Gasteiger charge is -2.07. The summed E-state index contributed by atoms with van der Waals surface area (Å²) in [6.45, 7) is 0. The molecule has 0 N–H and O–H groups in total. The molecule has 0 aliphatic heterocycles. The number of halogens is 1. The molecular formula is C14H13BrN2O2. The molecule has 1 fully saturated rings. The molecule has 3 rings (SSSR count).